The van der Waals surface area contributed by atoms with Crippen molar-refractivity contribution in [1.29, 1.82) is 0 Å². The summed E-state index contributed by atoms with van der Waals surface area (Å²) in [6, 6.07) is 18.2. The lowest BCUT2D eigenvalue weighted by atomic mass is 9.90. The largest absolute Gasteiger partial charge is 0.383 e. The van der Waals surface area contributed by atoms with Crippen molar-refractivity contribution in [2.45, 2.75) is 31.7 Å². The van der Waals surface area contributed by atoms with Crippen LogP contribution in [0.1, 0.15) is 36.4 Å². The van der Waals surface area contributed by atoms with Crippen LogP contribution in [0.3, 0.4) is 0 Å². The number of rotatable bonds is 7. The minimum atomic E-state index is 0.524. The predicted molar refractivity (Wildman–Crippen MR) is 104 cm³/mol. The molecule has 0 amide bonds. The summed E-state index contributed by atoms with van der Waals surface area (Å²) in [6.45, 7) is 2.69. The highest BCUT2D eigenvalue weighted by Gasteiger charge is 2.29. The zero-order valence-electron chi connectivity index (χ0n) is 15.1. The number of anilines is 2. The molecule has 1 saturated carbocycles. The van der Waals surface area contributed by atoms with Gasteiger partial charge in [-0.1, -0.05) is 37.1 Å². The summed E-state index contributed by atoms with van der Waals surface area (Å²) in [6.07, 6.45) is 5.26. The first-order valence-electron chi connectivity index (χ1n) is 9.53. The Kier molecular flexibility index (Phi) is 5.04. The van der Waals surface area contributed by atoms with E-state index in [2.05, 4.69) is 58.7 Å². The van der Waals surface area contributed by atoms with Crippen molar-refractivity contribution < 1.29 is 4.74 Å². The van der Waals surface area contributed by atoms with E-state index in [1.807, 2.05) is 0 Å². The maximum absolute atomic E-state index is 5.36. The fourth-order valence-corrected chi connectivity index (χ4v) is 3.89. The second kappa shape index (κ2) is 7.59. The Morgan fingerprint density at radius 1 is 1.08 bits per heavy atom. The second-order valence-corrected chi connectivity index (χ2v) is 7.30. The van der Waals surface area contributed by atoms with Gasteiger partial charge in [-0.2, -0.15) is 0 Å². The van der Waals surface area contributed by atoms with Gasteiger partial charge in [-0.3, -0.25) is 0 Å². The van der Waals surface area contributed by atoms with E-state index >= 15 is 0 Å². The molecule has 2 aromatic carbocycles. The van der Waals surface area contributed by atoms with Gasteiger partial charge in [0.1, 0.15) is 0 Å². The minimum absolute atomic E-state index is 0.524. The molecule has 4 rings (SSSR count). The van der Waals surface area contributed by atoms with Gasteiger partial charge >= 0.3 is 0 Å². The highest BCUT2D eigenvalue weighted by molar-refractivity contribution is 5.65. The molecule has 1 N–H and O–H groups in total. The van der Waals surface area contributed by atoms with Gasteiger partial charge in [0, 0.05) is 31.1 Å². The van der Waals surface area contributed by atoms with Crippen LogP contribution in [0.4, 0.5) is 11.4 Å². The first-order chi connectivity index (χ1) is 12.3. The molecule has 132 valence electrons. The molecule has 0 saturated heterocycles. The Hall–Kier alpha value is -1.84. The van der Waals surface area contributed by atoms with Crippen LogP contribution in [0.5, 0.6) is 0 Å². The molecule has 1 fully saturated rings. The average Bonchev–Trinajstić information content (AvgIpc) is 3.47. The normalized spacial score (nSPS) is 19.5. The standard InChI is InChI=1S/C22H28N2O/c1-25-14-13-24(19-5-3-2-4-6-19)20-10-9-18-11-12-23-22(21(18)16-20)15-17-7-8-17/h2-6,9-10,16-17,22-23H,7-8,11-15H2,1H3. The lowest BCUT2D eigenvalue weighted by Gasteiger charge is -2.31. The van der Waals surface area contributed by atoms with Gasteiger partial charge in [-0.05, 0) is 60.7 Å². The van der Waals surface area contributed by atoms with Crippen LogP contribution in [0.25, 0.3) is 0 Å². The van der Waals surface area contributed by atoms with E-state index in [9.17, 15) is 0 Å². The average molecular weight is 336 g/mol. The molecular formula is C22H28N2O. The van der Waals surface area contributed by atoms with Gasteiger partial charge in [0.2, 0.25) is 0 Å². The van der Waals surface area contributed by atoms with E-state index in [0.717, 1.165) is 32.0 Å². The van der Waals surface area contributed by atoms with Crippen molar-refractivity contribution in [2.75, 3.05) is 31.7 Å². The third kappa shape index (κ3) is 3.88. The Morgan fingerprint density at radius 3 is 2.68 bits per heavy atom. The zero-order chi connectivity index (χ0) is 17.1. The van der Waals surface area contributed by atoms with Crippen LogP contribution in [0.2, 0.25) is 0 Å². The third-order valence-electron chi connectivity index (χ3n) is 5.45. The Labute approximate surface area is 151 Å². The summed E-state index contributed by atoms with van der Waals surface area (Å²) in [7, 11) is 1.77. The summed E-state index contributed by atoms with van der Waals surface area (Å²) in [5.41, 5.74) is 5.52. The SMILES string of the molecule is COCCN(c1ccccc1)c1ccc2c(c1)C(CC1CC1)NCC2. The molecule has 1 atom stereocenters. The number of hydrogen-bond acceptors (Lipinski definition) is 3. The predicted octanol–water partition coefficient (Wildman–Crippen LogP) is 4.46. The summed E-state index contributed by atoms with van der Waals surface area (Å²) >= 11 is 0. The van der Waals surface area contributed by atoms with E-state index in [1.165, 1.54) is 41.8 Å². The van der Waals surface area contributed by atoms with Crippen molar-refractivity contribution in [3.63, 3.8) is 0 Å². The van der Waals surface area contributed by atoms with Crippen LogP contribution in [0, 0.1) is 5.92 Å². The molecule has 1 unspecified atom stereocenters. The highest BCUT2D eigenvalue weighted by Crippen LogP contribution is 2.40. The number of benzene rings is 2. The van der Waals surface area contributed by atoms with Gasteiger partial charge in [0.15, 0.2) is 0 Å². The first-order valence-corrected chi connectivity index (χ1v) is 9.53. The van der Waals surface area contributed by atoms with Crippen molar-refractivity contribution in [1.82, 2.24) is 5.32 Å². The number of para-hydroxylation sites is 1. The molecule has 1 aliphatic heterocycles. The molecule has 2 aliphatic rings. The molecule has 0 aromatic heterocycles. The van der Waals surface area contributed by atoms with Crippen molar-refractivity contribution >= 4 is 11.4 Å². The number of ether oxygens (including phenoxy) is 1. The fourth-order valence-electron chi connectivity index (χ4n) is 3.89. The Balaban J connectivity index is 1.65. The van der Waals surface area contributed by atoms with Crippen LogP contribution >= 0.6 is 0 Å². The molecule has 1 heterocycles. The Bertz CT molecular complexity index is 696. The maximum atomic E-state index is 5.36. The fraction of sp³-hybridized carbons (Fsp3) is 0.455. The van der Waals surface area contributed by atoms with Gasteiger partial charge in [-0.25, -0.2) is 0 Å². The molecule has 25 heavy (non-hydrogen) atoms. The lowest BCUT2D eigenvalue weighted by Crippen LogP contribution is -2.31. The van der Waals surface area contributed by atoms with Crippen LogP contribution in [0.15, 0.2) is 48.5 Å². The number of hydrogen-bond donors (Lipinski definition) is 1. The molecule has 2 aromatic rings. The molecule has 0 bridgehead atoms. The van der Waals surface area contributed by atoms with Gasteiger partial charge in [0.05, 0.1) is 6.61 Å². The molecule has 0 spiro atoms. The molecule has 1 aliphatic carbocycles. The summed E-state index contributed by atoms with van der Waals surface area (Å²) in [5, 5.41) is 3.75. The van der Waals surface area contributed by atoms with E-state index in [0.29, 0.717) is 6.04 Å². The van der Waals surface area contributed by atoms with Crippen LogP contribution in [-0.2, 0) is 11.2 Å². The smallest absolute Gasteiger partial charge is 0.0642 e. The van der Waals surface area contributed by atoms with Crippen molar-refractivity contribution in [2.24, 2.45) is 5.92 Å². The van der Waals surface area contributed by atoms with E-state index in [1.54, 1.807) is 7.11 Å². The van der Waals surface area contributed by atoms with Crippen molar-refractivity contribution in [3.8, 4) is 0 Å². The quantitative estimate of drug-likeness (QED) is 0.808. The van der Waals surface area contributed by atoms with E-state index in [-0.39, 0.29) is 0 Å². The van der Waals surface area contributed by atoms with Crippen molar-refractivity contribution in [3.05, 3.63) is 59.7 Å². The van der Waals surface area contributed by atoms with Gasteiger partial charge in [0.25, 0.3) is 0 Å². The zero-order valence-corrected chi connectivity index (χ0v) is 15.1. The second-order valence-electron chi connectivity index (χ2n) is 7.30. The highest BCUT2D eigenvalue weighted by atomic mass is 16.5. The first kappa shape index (κ1) is 16.6. The summed E-state index contributed by atoms with van der Waals surface area (Å²) in [4.78, 5) is 2.37. The van der Waals surface area contributed by atoms with E-state index < -0.39 is 0 Å². The third-order valence-corrected chi connectivity index (χ3v) is 5.45. The van der Waals surface area contributed by atoms with Gasteiger partial charge in [-0.15, -0.1) is 0 Å². The molecule has 0 radical (unpaired) electrons. The minimum Gasteiger partial charge on any atom is -0.383 e. The molecular weight excluding hydrogens is 308 g/mol. The maximum Gasteiger partial charge on any atom is 0.0642 e. The lowest BCUT2D eigenvalue weighted by molar-refractivity contribution is 0.207. The topological polar surface area (TPSA) is 24.5 Å². The summed E-state index contributed by atoms with van der Waals surface area (Å²) in [5.74, 6) is 0.936. The monoisotopic (exact) mass is 336 g/mol. The van der Waals surface area contributed by atoms with Crippen LogP contribution < -0.4 is 10.2 Å². The summed E-state index contributed by atoms with van der Waals surface area (Å²) < 4.78 is 5.36. The number of nitrogens with zero attached hydrogens (tertiary/aromatic N) is 1. The van der Waals surface area contributed by atoms with Gasteiger partial charge < -0.3 is 15.0 Å². The molecule has 3 nitrogen and oxygen atoms in total. The Morgan fingerprint density at radius 2 is 1.92 bits per heavy atom. The van der Waals surface area contributed by atoms with E-state index in [4.69, 9.17) is 4.74 Å². The molecule has 3 heteroatoms. The number of nitrogens with one attached hydrogen (secondary N) is 1. The van der Waals surface area contributed by atoms with Crippen LogP contribution in [-0.4, -0.2) is 26.8 Å². The number of fused-ring (bicyclic) bond motifs is 1. The number of methoxy groups -OCH3 is 1.